The molecule has 29 heavy (non-hydrogen) atoms. The molecule has 0 aliphatic rings. The zero-order chi connectivity index (χ0) is 21.0. The lowest BCUT2D eigenvalue weighted by molar-refractivity contribution is -0.114. The molecule has 0 saturated carbocycles. The van der Waals surface area contributed by atoms with Crippen molar-refractivity contribution >= 4 is 34.7 Å². The second-order valence-corrected chi connectivity index (χ2v) is 8.02. The van der Waals surface area contributed by atoms with Crippen molar-refractivity contribution in [3.05, 3.63) is 65.9 Å². The molecular weight excluding hydrogens is 362 g/mol. The maximum Gasteiger partial charge on any atom is 0.229 e. The third-order valence-corrected chi connectivity index (χ3v) is 4.31. The minimum atomic E-state index is -0.0941. The highest BCUT2D eigenvalue weighted by Crippen LogP contribution is 2.31. The average Bonchev–Trinajstić information content (AvgIpc) is 2.62. The minimum Gasteiger partial charge on any atom is -0.340 e. The molecule has 0 aliphatic heterocycles. The fraction of sp³-hybridized carbons (Fsp3) is 0.261. The van der Waals surface area contributed by atoms with Crippen LogP contribution in [0.2, 0.25) is 0 Å². The summed E-state index contributed by atoms with van der Waals surface area (Å²) < 4.78 is 0. The summed E-state index contributed by atoms with van der Waals surface area (Å²) in [7, 11) is 0. The van der Waals surface area contributed by atoms with Crippen LogP contribution in [0.1, 0.15) is 39.0 Å². The molecule has 6 heteroatoms. The molecule has 0 unspecified atom stereocenters. The molecule has 0 atom stereocenters. The summed E-state index contributed by atoms with van der Waals surface area (Å²) in [5.41, 5.74) is 4.68. The molecule has 6 nitrogen and oxygen atoms in total. The Morgan fingerprint density at radius 1 is 0.897 bits per heavy atom. The lowest BCUT2D eigenvalue weighted by Gasteiger charge is -2.23. The van der Waals surface area contributed by atoms with Gasteiger partial charge in [0.1, 0.15) is 5.82 Å². The molecule has 3 N–H and O–H groups in total. The molecule has 0 spiro atoms. The van der Waals surface area contributed by atoms with Crippen LogP contribution in [0.25, 0.3) is 0 Å². The Hall–Kier alpha value is -3.41. The predicted octanol–water partition coefficient (Wildman–Crippen LogP) is 5.53. The van der Waals surface area contributed by atoms with Crippen molar-refractivity contribution in [3.8, 4) is 0 Å². The topological polar surface area (TPSA) is 78.9 Å². The summed E-state index contributed by atoms with van der Waals surface area (Å²) in [6, 6.07) is 17.6. The van der Waals surface area contributed by atoms with Gasteiger partial charge in [-0.1, -0.05) is 39.0 Å². The maximum atomic E-state index is 11.1. The summed E-state index contributed by atoms with van der Waals surface area (Å²) in [6.07, 6.45) is 0. The number of aromatic nitrogens is 2. The van der Waals surface area contributed by atoms with E-state index < -0.39 is 0 Å². The number of anilines is 5. The second kappa shape index (κ2) is 8.31. The largest absolute Gasteiger partial charge is 0.340 e. The number of aryl methyl sites for hydroxylation is 1. The molecule has 0 aliphatic carbocycles. The summed E-state index contributed by atoms with van der Waals surface area (Å²) in [5, 5.41) is 9.42. The number of nitrogens with zero attached hydrogens (tertiary/aromatic N) is 2. The van der Waals surface area contributed by atoms with Crippen LogP contribution in [-0.4, -0.2) is 15.9 Å². The van der Waals surface area contributed by atoms with Gasteiger partial charge in [-0.05, 0) is 48.2 Å². The molecule has 0 bridgehead atoms. The molecule has 150 valence electrons. The van der Waals surface area contributed by atoms with Gasteiger partial charge in [0, 0.05) is 35.7 Å². The normalized spacial score (nSPS) is 11.1. The monoisotopic (exact) mass is 389 g/mol. The zero-order valence-corrected chi connectivity index (χ0v) is 17.5. The van der Waals surface area contributed by atoms with Gasteiger partial charge in [0.25, 0.3) is 0 Å². The number of carbonyl (C=O) groups excluding carboxylic acids is 1. The van der Waals surface area contributed by atoms with Crippen molar-refractivity contribution < 1.29 is 4.79 Å². The molecule has 2 aromatic carbocycles. The van der Waals surface area contributed by atoms with Crippen LogP contribution in [0.15, 0.2) is 54.6 Å². The summed E-state index contributed by atoms with van der Waals surface area (Å²) in [5.74, 6) is 1.14. The van der Waals surface area contributed by atoms with Crippen LogP contribution < -0.4 is 16.0 Å². The highest BCUT2D eigenvalue weighted by Gasteiger charge is 2.18. The maximum absolute atomic E-state index is 11.1. The molecular formula is C23H27N5O. The number of carbonyl (C=O) groups is 1. The van der Waals surface area contributed by atoms with Crippen molar-refractivity contribution in [2.45, 2.75) is 40.0 Å². The Morgan fingerprint density at radius 3 is 2.21 bits per heavy atom. The first-order chi connectivity index (χ1) is 13.7. The van der Waals surface area contributed by atoms with Crippen LogP contribution >= 0.6 is 0 Å². The van der Waals surface area contributed by atoms with E-state index in [0.717, 1.165) is 22.8 Å². The fourth-order valence-electron chi connectivity index (χ4n) is 3.04. The number of rotatable bonds is 5. The number of hydrogen-bond donors (Lipinski definition) is 3. The van der Waals surface area contributed by atoms with Gasteiger partial charge in [0.15, 0.2) is 0 Å². The van der Waals surface area contributed by atoms with Crippen molar-refractivity contribution in [2.24, 2.45) is 0 Å². The molecule has 0 saturated heterocycles. The molecule has 0 fully saturated rings. The first-order valence-corrected chi connectivity index (χ1v) is 9.57. The number of nitrogens with one attached hydrogen (secondary N) is 3. The molecule has 0 radical (unpaired) electrons. The summed E-state index contributed by atoms with van der Waals surface area (Å²) in [6.45, 7) is 9.97. The Morgan fingerprint density at radius 2 is 1.55 bits per heavy atom. The van der Waals surface area contributed by atoms with Gasteiger partial charge >= 0.3 is 0 Å². The van der Waals surface area contributed by atoms with Gasteiger partial charge in [-0.2, -0.15) is 4.98 Å². The third-order valence-electron chi connectivity index (χ3n) is 4.31. The Labute approximate surface area is 171 Å². The van der Waals surface area contributed by atoms with Crippen LogP contribution in [-0.2, 0) is 10.2 Å². The average molecular weight is 390 g/mol. The van der Waals surface area contributed by atoms with E-state index in [-0.39, 0.29) is 11.3 Å². The first-order valence-electron chi connectivity index (χ1n) is 9.57. The Bertz CT molecular complexity index is 1010. The molecule has 1 aromatic heterocycles. The fourth-order valence-corrected chi connectivity index (χ4v) is 3.04. The third kappa shape index (κ3) is 5.54. The quantitative estimate of drug-likeness (QED) is 0.535. The molecule has 1 amide bonds. The van der Waals surface area contributed by atoms with E-state index in [1.54, 1.807) is 0 Å². The zero-order valence-electron chi connectivity index (χ0n) is 17.5. The van der Waals surface area contributed by atoms with Crippen molar-refractivity contribution in [2.75, 3.05) is 16.0 Å². The number of para-hydroxylation sites is 1. The highest BCUT2D eigenvalue weighted by atomic mass is 16.1. The van der Waals surface area contributed by atoms with E-state index in [9.17, 15) is 4.79 Å². The molecule has 1 heterocycles. The van der Waals surface area contributed by atoms with Crippen molar-refractivity contribution in [3.63, 3.8) is 0 Å². The predicted molar refractivity (Wildman–Crippen MR) is 119 cm³/mol. The van der Waals surface area contributed by atoms with Crippen LogP contribution in [0.5, 0.6) is 0 Å². The summed E-state index contributed by atoms with van der Waals surface area (Å²) in [4.78, 5) is 20.3. The van der Waals surface area contributed by atoms with Gasteiger partial charge in [0.05, 0.1) is 0 Å². The smallest absolute Gasteiger partial charge is 0.229 e. The van der Waals surface area contributed by atoms with E-state index in [0.29, 0.717) is 11.8 Å². The van der Waals surface area contributed by atoms with Gasteiger partial charge in [-0.3, -0.25) is 4.79 Å². The lowest BCUT2D eigenvalue weighted by Crippen LogP contribution is -2.14. The Balaban J connectivity index is 1.81. The van der Waals surface area contributed by atoms with Crippen molar-refractivity contribution in [1.29, 1.82) is 0 Å². The summed E-state index contributed by atoms with van der Waals surface area (Å²) >= 11 is 0. The van der Waals surface area contributed by atoms with E-state index in [1.165, 1.54) is 12.5 Å². The van der Waals surface area contributed by atoms with Gasteiger partial charge in [-0.15, -0.1) is 0 Å². The number of hydrogen-bond acceptors (Lipinski definition) is 5. The van der Waals surface area contributed by atoms with E-state index >= 15 is 0 Å². The molecule has 3 rings (SSSR count). The first kappa shape index (κ1) is 20.3. The van der Waals surface area contributed by atoms with Gasteiger partial charge in [0.2, 0.25) is 11.9 Å². The number of benzene rings is 2. The number of amides is 1. The van der Waals surface area contributed by atoms with Crippen molar-refractivity contribution in [1.82, 2.24) is 9.97 Å². The minimum absolute atomic E-state index is 0.00412. The van der Waals surface area contributed by atoms with E-state index in [1.807, 2.05) is 55.5 Å². The van der Waals surface area contributed by atoms with E-state index in [4.69, 9.17) is 0 Å². The van der Waals surface area contributed by atoms with Gasteiger partial charge < -0.3 is 16.0 Å². The van der Waals surface area contributed by atoms with E-state index in [2.05, 4.69) is 52.8 Å². The second-order valence-electron chi connectivity index (χ2n) is 8.02. The van der Waals surface area contributed by atoms with Gasteiger partial charge in [-0.25, -0.2) is 4.98 Å². The lowest BCUT2D eigenvalue weighted by atomic mass is 9.86. The highest BCUT2D eigenvalue weighted by molar-refractivity contribution is 5.88. The molecule has 3 aromatic rings. The Kier molecular flexibility index (Phi) is 5.82. The SMILES string of the molecule is CC(=O)Nc1ccc(Nc2cc(C)nc(Nc3ccccc3C(C)(C)C)n2)cc1. The van der Waals surface area contributed by atoms with Crippen LogP contribution in [0.4, 0.5) is 28.8 Å². The van der Waals surface area contributed by atoms with Crippen LogP contribution in [0, 0.1) is 6.92 Å². The standard InChI is InChI=1S/C23H27N5O/c1-15-14-21(26-18-12-10-17(11-13-18)25-16(2)29)28-22(24-15)27-20-9-7-6-8-19(20)23(3,4)5/h6-14H,1-5H3,(H,25,29)(H2,24,26,27,28). The van der Waals surface area contributed by atoms with Crippen LogP contribution in [0.3, 0.4) is 0 Å².